The highest BCUT2D eigenvalue weighted by Gasteiger charge is 2.16. The Bertz CT molecular complexity index is 1190. The van der Waals surface area contributed by atoms with Gasteiger partial charge in [0, 0.05) is 37.0 Å². The molecular weight excluding hydrogens is 398 g/mol. The summed E-state index contributed by atoms with van der Waals surface area (Å²) < 4.78 is 1.53. The number of unbranched alkanes of at least 4 members (excludes halogenated alkanes) is 1. The number of aromatic amines is 1. The molecule has 0 saturated heterocycles. The predicted octanol–water partition coefficient (Wildman–Crippen LogP) is 4.61. The lowest BCUT2D eigenvalue weighted by Gasteiger charge is -2.19. The zero-order chi connectivity index (χ0) is 22.2. The van der Waals surface area contributed by atoms with Crippen LogP contribution in [0.4, 0.5) is 5.69 Å². The van der Waals surface area contributed by atoms with Crippen molar-refractivity contribution in [3.05, 3.63) is 135 Å². The van der Waals surface area contributed by atoms with E-state index in [1.54, 1.807) is 6.20 Å². The molecule has 0 spiro atoms. The van der Waals surface area contributed by atoms with Crippen LogP contribution in [0.5, 0.6) is 0 Å². The van der Waals surface area contributed by atoms with Crippen molar-refractivity contribution in [2.45, 2.75) is 25.3 Å². The molecule has 0 aliphatic heterocycles. The van der Waals surface area contributed by atoms with Gasteiger partial charge in [-0.3, -0.25) is 9.78 Å². The number of hydrogen-bond donors (Lipinski definition) is 2. The molecule has 32 heavy (non-hydrogen) atoms. The van der Waals surface area contributed by atoms with Crippen LogP contribution >= 0.6 is 0 Å². The second kappa shape index (κ2) is 10.4. The molecular formula is C27H27N3O2. The van der Waals surface area contributed by atoms with Gasteiger partial charge in [-0.2, -0.15) is 0 Å². The number of benzene rings is 3. The minimum atomic E-state index is -0.363. The lowest BCUT2D eigenvalue weighted by Crippen LogP contribution is -2.28. The third-order valence-electron chi connectivity index (χ3n) is 5.56. The molecule has 0 atom stereocenters. The van der Waals surface area contributed by atoms with Crippen molar-refractivity contribution in [1.29, 1.82) is 0 Å². The molecule has 4 rings (SSSR count). The first kappa shape index (κ1) is 21.4. The van der Waals surface area contributed by atoms with Crippen molar-refractivity contribution in [1.82, 2.24) is 9.55 Å². The number of aromatic nitrogens is 2. The Labute approximate surface area is 187 Å². The van der Waals surface area contributed by atoms with Crippen LogP contribution in [0.3, 0.4) is 0 Å². The SMILES string of the molecule is O=c1ccn(CCCCNc2ccc(C(c3ccccc3)c3ccccc3)cc2)c(=O)[nH]1. The zero-order valence-corrected chi connectivity index (χ0v) is 17.9. The largest absolute Gasteiger partial charge is 0.385 e. The fraction of sp³-hybridized carbons (Fsp3) is 0.185. The minimum Gasteiger partial charge on any atom is -0.385 e. The van der Waals surface area contributed by atoms with Crippen LogP contribution in [0.15, 0.2) is 107 Å². The number of anilines is 1. The summed E-state index contributed by atoms with van der Waals surface area (Å²) in [4.78, 5) is 25.1. The third kappa shape index (κ3) is 5.43. The molecule has 0 amide bonds. The quantitative estimate of drug-likeness (QED) is 0.304. The molecule has 0 aliphatic carbocycles. The first-order chi connectivity index (χ1) is 15.7. The maximum absolute atomic E-state index is 11.7. The van der Waals surface area contributed by atoms with E-state index in [1.165, 1.54) is 27.3 Å². The molecule has 3 aromatic carbocycles. The lowest BCUT2D eigenvalue weighted by molar-refractivity contribution is 0.589. The third-order valence-corrected chi connectivity index (χ3v) is 5.56. The Balaban J connectivity index is 1.36. The normalized spacial score (nSPS) is 10.9. The predicted molar refractivity (Wildman–Crippen MR) is 129 cm³/mol. The Hall–Kier alpha value is -3.86. The van der Waals surface area contributed by atoms with E-state index in [9.17, 15) is 9.59 Å². The average molecular weight is 426 g/mol. The van der Waals surface area contributed by atoms with Crippen molar-refractivity contribution in [3.8, 4) is 0 Å². The standard InChI is InChI=1S/C27H27N3O2/c31-25-17-20-30(27(32)29-25)19-8-7-18-28-24-15-13-23(14-16-24)26(21-9-3-1-4-10-21)22-11-5-2-6-12-22/h1-6,9-17,20,26,28H,7-8,18-19H2,(H,29,31,32). The highest BCUT2D eigenvalue weighted by Crippen LogP contribution is 2.32. The van der Waals surface area contributed by atoms with E-state index in [0.717, 1.165) is 25.1 Å². The van der Waals surface area contributed by atoms with E-state index >= 15 is 0 Å². The number of H-pyrrole nitrogens is 1. The summed E-state index contributed by atoms with van der Waals surface area (Å²) in [6.07, 6.45) is 3.31. The minimum absolute atomic E-state index is 0.196. The van der Waals surface area contributed by atoms with Crippen LogP contribution in [0, 0.1) is 0 Å². The molecule has 0 radical (unpaired) electrons. The van der Waals surface area contributed by atoms with Crippen molar-refractivity contribution in [2.24, 2.45) is 0 Å². The number of nitrogens with one attached hydrogen (secondary N) is 2. The molecule has 5 nitrogen and oxygen atoms in total. The first-order valence-electron chi connectivity index (χ1n) is 10.9. The summed E-state index contributed by atoms with van der Waals surface area (Å²) >= 11 is 0. The van der Waals surface area contributed by atoms with Crippen molar-refractivity contribution in [2.75, 3.05) is 11.9 Å². The first-order valence-corrected chi connectivity index (χ1v) is 10.9. The summed E-state index contributed by atoms with van der Waals surface area (Å²) in [6, 6.07) is 31.2. The van der Waals surface area contributed by atoms with Gasteiger partial charge in [0.05, 0.1) is 0 Å². The topological polar surface area (TPSA) is 66.9 Å². The fourth-order valence-electron chi connectivity index (χ4n) is 3.92. The highest BCUT2D eigenvalue weighted by molar-refractivity contribution is 5.49. The van der Waals surface area contributed by atoms with Crippen molar-refractivity contribution < 1.29 is 0 Å². The van der Waals surface area contributed by atoms with E-state index in [2.05, 4.69) is 83.1 Å². The van der Waals surface area contributed by atoms with Gasteiger partial charge < -0.3 is 9.88 Å². The van der Waals surface area contributed by atoms with Gasteiger partial charge in [0.25, 0.3) is 5.56 Å². The van der Waals surface area contributed by atoms with Gasteiger partial charge in [-0.15, -0.1) is 0 Å². The van der Waals surface area contributed by atoms with Gasteiger partial charge in [0.1, 0.15) is 0 Å². The van der Waals surface area contributed by atoms with Crippen LogP contribution in [0.2, 0.25) is 0 Å². The zero-order valence-electron chi connectivity index (χ0n) is 17.9. The van der Waals surface area contributed by atoms with Gasteiger partial charge in [-0.1, -0.05) is 72.8 Å². The van der Waals surface area contributed by atoms with E-state index in [-0.39, 0.29) is 17.2 Å². The molecule has 1 heterocycles. The lowest BCUT2D eigenvalue weighted by atomic mass is 9.85. The molecule has 0 fully saturated rings. The Morgan fingerprint density at radius 2 is 1.31 bits per heavy atom. The Morgan fingerprint density at radius 1 is 0.719 bits per heavy atom. The summed E-state index contributed by atoms with van der Waals surface area (Å²) in [5.74, 6) is 0.196. The molecule has 4 aromatic rings. The molecule has 162 valence electrons. The number of aryl methyl sites for hydroxylation is 1. The van der Waals surface area contributed by atoms with Gasteiger partial charge in [0.15, 0.2) is 0 Å². The average Bonchev–Trinajstić information content (AvgIpc) is 2.83. The molecule has 1 aromatic heterocycles. The van der Waals surface area contributed by atoms with Crippen LogP contribution in [0.1, 0.15) is 35.4 Å². The number of hydrogen-bond acceptors (Lipinski definition) is 3. The molecule has 2 N–H and O–H groups in total. The van der Waals surface area contributed by atoms with E-state index in [4.69, 9.17) is 0 Å². The molecule has 0 unspecified atom stereocenters. The van der Waals surface area contributed by atoms with Gasteiger partial charge in [0.2, 0.25) is 0 Å². The molecule has 0 bridgehead atoms. The van der Waals surface area contributed by atoms with E-state index < -0.39 is 0 Å². The summed E-state index contributed by atoms with van der Waals surface area (Å²) in [5, 5.41) is 3.46. The highest BCUT2D eigenvalue weighted by atomic mass is 16.2. The monoisotopic (exact) mass is 425 g/mol. The van der Waals surface area contributed by atoms with Gasteiger partial charge in [-0.25, -0.2) is 4.79 Å². The summed E-state index contributed by atoms with van der Waals surface area (Å²) in [7, 11) is 0. The van der Waals surface area contributed by atoms with Crippen LogP contribution < -0.4 is 16.6 Å². The Morgan fingerprint density at radius 3 is 1.91 bits per heavy atom. The summed E-state index contributed by atoms with van der Waals surface area (Å²) in [6.45, 7) is 1.41. The number of rotatable bonds is 9. The Kier molecular flexibility index (Phi) is 6.98. The van der Waals surface area contributed by atoms with Crippen LogP contribution in [0.25, 0.3) is 0 Å². The van der Waals surface area contributed by atoms with Crippen LogP contribution in [-0.4, -0.2) is 16.1 Å². The van der Waals surface area contributed by atoms with E-state index in [0.29, 0.717) is 6.54 Å². The van der Waals surface area contributed by atoms with E-state index in [1.807, 2.05) is 12.1 Å². The maximum atomic E-state index is 11.7. The van der Waals surface area contributed by atoms with Gasteiger partial charge in [-0.05, 0) is 41.7 Å². The second-order valence-corrected chi connectivity index (χ2v) is 7.81. The fourth-order valence-corrected chi connectivity index (χ4v) is 3.92. The van der Waals surface area contributed by atoms with Crippen LogP contribution in [-0.2, 0) is 6.54 Å². The summed E-state index contributed by atoms with van der Waals surface area (Å²) in [5.41, 5.74) is 4.17. The maximum Gasteiger partial charge on any atom is 0.328 e. The smallest absolute Gasteiger partial charge is 0.328 e. The second-order valence-electron chi connectivity index (χ2n) is 7.81. The molecule has 0 saturated carbocycles. The van der Waals surface area contributed by atoms with Gasteiger partial charge >= 0.3 is 5.69 Å². The van der Waals surface area contributed by atoms with Crippen molar-refractivity contribution in [3.63, 3.8) is 0 Å². The number of nitrogens with zero attached hydrogens (tertiary/aromatic N) is 1. The molecule has 5 heteroatoms. The van der Waals surface area contributed by atoms with Crippen molar-refractivity contribution >= 4 is 5.69 Å². The molecule has 0 aliphatic rings.